The van der Waals surface area contributed by atoms with Crippen molar-refractivity contribution in [2.45, 2.75) is 4.90 Å². The van der Waals surface area contributed by atoms with Gasteiger partial charge in [0.05, 0.1) is 5.69 Å². The molecule has 0 saturated carbocycles. The summed E-state index contributed by atoms with van der Waals surface area (Å²) in [7, 11) is -4.29. The Balaban J connectivity index is 2.45. The molecule has 1 aromatic heterocycles. The summed E-state index contributed by atoms with van der Waals surface area (Å²) in [5.74, 6) is 0.0821. The van der Waals surface area contributed by atoms with Crippen molar-refractivity contribution in [3.63, 3.8) is 0 Å². The maximum atomic E-state index is 13.5. The van der Waals surface area contributed by atoms with Crippen molar-refractivity contribution in [2.24, 2.45) is 5.84 Å². The van der Waals surface area contributed by atoms with Crippen LogP contribution in [0.4, 0.5) is 24.7 Å². The number of halogens is 3. The van der Waals surface area contributed by atoms with Gasteiger partial charge in [-0.05, 0) is 24.3 Å². The molecule has 4 N–H and O–H groups in total. The van der Waals surface area contributed by atoms with Crippen LogP contribution in [0.1, 0.15) is 0 Å². The zero-order chi connectivity index (χ0) is 15.6. The van der Waals surface area contributed by atoms with Gasteiger partial charge in [0.1, 0.15) is 4.90 Å². The molecule has 0 unspecified atom stereocenters. The second kappa shape index (κ2) is 5.58. The molecular formula is C11H9F3N4O2S. The number of nitrogens with zero attached hydrogens (tertiary/aromatic N) is 1. The molecule has 2 rings (SSSR count). The normalized spacial score (nSPS) is 11.2. The van der Waals surface area contributed by atoms with Gasteiger partial charge in [0.25, 0.3) is 10.0 Å². The lowest BCUT2D eigenvalue weighted by atomic mass is 10.3. The Morgan fingerprint density at radius 2 is 1.81 bits per heavy atom. The summed E-state index contributed by atoms with van der Waals surface area (Å²) < 4.78 is 65.4. The fourth-order valence-corrected chi connectivity index (χ4v) is 2.70. The largest absolute Gasteiger partial charge is 0.307 e. The summed E-state index contributed by atoms with van der Waals surface area (Å²) >= 11 is 0. The third-order valence-electron chi connectivity index (χ3n) is 2.48. The Kier molecular flexibility index (Phi) is 4.00. The summed E-state index contributed by atoms with van der Waals surface area (Å²) in [6.45, 7) is 0. The number of aromatic nitrogens is 1. The molecule has 0 aliphatic carbocycles. The molecule has 1 heterocycles. The number of nitrogen functional groups attached to an aromatic ring is 1. The van der Waals surface area contributed by atoms with Gasteiger partial charge in [-0.3, -0.25) is 4.72 Å². The van der Waals surface area contributed by atoms with Crippen molar-refractivity contribution >= 4 is 21.5 Å². The summed E-state index contributed by atoms with van der Waals surface area (Å²) in [4.78, 5) is 3.30. The van der Waals surface area contributed by atoms with Crippen LogP contribution in [0.3, 0.4) is 0 Å². The molecule has 6 nitrogen and oxygen atoms in total. The number of nitrogens with two attached hydrogens (primary N) is 1. The van der Waals surface area contributed by atoms with E-state index in [0.717, 1.165) is 12.1 Å². The van der Waals surface area contributed by atoms with Gasteiger partial charge in [-0.25, -0.2) is 32.4 Å². The van der Waals surface area contributed by atoms with E-state index in [-0.39, 0.29) is 10.7 Å². The maximum absolute atomic E-state index is 13.5. The van der Waals surface area contributed by atoms with Crippen LogP contribution in [-0.2, 0) is 10.0 Å². The van der Waals surface area contributed by atoms with Crippen LogP contribution in [0, 0.1) is 17.5 Å². The zero-order valence-electron chi connectivity index (χ0n) is 10.3. The first-order chi connectivity index (χ1) is 9.86. The standard InChI is InChI=1S/C11H9F3N4O2S/c12-6-3-4-7(10(14)9(6)13)18-21(19,20)8-2-1-5-16-11(8)17-15/h1-5,18H,15H2,(H,16,17). The zero-order valence-corrected chi connectivity index (χ0v) is 11.1. The smallest absolute Gasteiger partial charge is 0.265 e. The second-order valence-electron chi connectivity index (χ2n) is 3.82. The van der Waals surface area contributed by atoms with Crippen molar-refractivity contribution in [3.8, 4) is 0 Å². The molecule has 0 fully saturated rings. The maximum Gasteiger partial charge on any atom is 0.265 e. The molecule has 112 valence electrons. The van der Waals surface area contributed by atoms with E-state index in [2.05, 4.69) is 10.4 Å². The van der Waals surface area contributed by atoms with Crippen LogP contribution in [0.15, 0.2) is 35.4 Å². The first kappa shape index (κ1) is 15.1. The molecule has 0 aliphatic rings. The first-order valence-electron chi connectivity index (χ1n) is 5.45. The van der Waals surface area contributed by atoms with Crippen LogP contribution in [-0.4, -0.2) is 13.4 Å². The van der Waals surface area contributed by atoms with Crippen molar-refractivity contribution < 1.29 is 21.6 Å². The van der Waals surface area contributed by atoms with Gasteiger partial charge in [-0.2, -0.15) is 0 Å². The predicted molar refractivity (Wildman–Crippen MR) is 69.2 cm³/mol. The van der Waals surface area contributed by atoms with E-state index in [0.29, 0.717) is 6.07 Å². The Morgan fingerprint density at radius 1 is 1.10 bits per heavy atom. The molecular weight excluding hydrogens is 309 g/mol. The summed E-state index contributed by atoms with van der Waals surface area (Å²) in [6, 6.07) is 3.83. The van der Waals surface area contributed by atoms with E-state index in [9.17, 15) is 21.6 Å². The van der Waals surface area contributed by atoms with E-state index in [1.807, 2.05) is 0 Å². The van der Waals surface area contributed by atoms with Crippen LogP contribution in [0.25, 0.3) is 0 Å². The van der Waals surface area contributed by atoms with E-state index in [4.69, 9.17) is 5.84 Å². The van der Waals surface area contributed by atoms with Crippen molar-refractivity contribution in [1.29, 1.82) is 0 Å². The lowest BCUT2D eigenvalue weighted by Crippen LogP contribution is -2.19. The van der Waals surface area contributed by atoms with Crippen LogP contribution >= 0.6 is 0 Å². The molecule has 0 aliphatic heterocycles. The van der Waals surface area contributed by atoms with E-state index in [1.165, 1.54) is 12.3 Å². The van der Waals surface area contributed by atoms with Gasteiger partial charge in [0, 0.05) is 6.20 Å². The van der Waals surface area contributed by atoms with Gasteiger partial charge in [-0.1, -0.05) is 0 Å². The minimum atomic E-state index is -4.29. The Bertz CT molecular complexity index is 783. The fourth-order valence-electron chi connectivity index (χ4n) is 1.52. The molecule has 0 amide bonds. The number of hydrogen-bond donors (Lipinski definition) is 3. The number of pyridine rings is 1. The van der Waals surface area contributed by atoms with E-state index in [1.54, 1.807) is 4.72 Å². The fraction of sp³-hybridized carbons (Fsp3) is 0. The second-order valence-corrected chi connectivity index (χ2v) is 5.47. The third kappa shape index (κ3) is 2.90. The molecule has 0 atom stereocenters. The van der Waals surface area contributed by atoms with Gasteiger partial charge in [0.15, 0.2) is 23.3 Å². The quantitative estimate of drug-likeness (QED) is 0.452. The molecule has 0 saturated heterocycles. The lowest BCUT2D eigenvalue weighted by Gasteiger charge is -2.11. The van der Waals surface area contributed by atoms with Gasteiger partial charge >= 0.3 is 0 Å². The summed E-state index contributed by atoms with van der Waals surface area (Å²) in [5, 5.41) is 0. The molecule has 2 aromatic rings. The van der Waals surface area contributed by atoms with E-state index >= 15 is 0 Å². The predicted octanol–water partition coefficient (Wildman–Crippen LogP) is 1.59. The molecule has 0 spiro atoms. The number of hydrogen-bond acceptors (Lipinski definition) is 5. The van der Waals surface area contributed by atoms with Gasteiger partial charge in [0.2, 0.25) is 0 Å². The van der Waals surface area contributed by atoms with Crippen LogP contribution in [0.2, 0.25) is 0 Å². The van der Waals surface area contributed by atoms with E-state index < -0.39 is 33.2 Å². The number of rotatable bonds is 4. The highest BCUT2D eigenvalue weighted by molar-refractivity contribution is 7.92. The summed E-state index contributed by atoms with van der Waals surface area (Å²) in [6.07, 6.45) is 1.28. The van der Waals surface area contributed by atoms with Crippen molar-refractivity contribution in [3.05, 3.63) is 47.9 Å². The number of nitrogens with one attached hydrogen (secondary N) is 2. The molecule has 0 radical (unpaired) electrons. The Morgan fingerprint density at radius 3 is 2.48 bits per heavy atom. The highest BCUT2D eigenvalue weighted by Gasteiger charge is 2.22. The topological polar surface area (TPSA) is 97.1 Å². The molecule has 21 heavy (non-hydrogen) atoms. The molecule has 1 aromatic carbocycles. The molecule has 0 bridgehead atoms. The van der Waals surface area contributed by atoms with Gasteiger partial charge in [-0.15, -0.1) is 0 Å². The average Bonchev–Trinajstić information content (AvgIpc) is 2.48. The minimum absolute atomic E-state index is 0.187. The third-order valence-corrected chi connectivity index (χ3v) is 3.87. The van der Waals surface area contributed by atoms with Gasteiger partial charge < -0.3 is 5.43 Å². The van der Waals surface area contributed by atoms with Crippen LogP contribution in [0.5, 0.6) is 0 Å². The lowest BCUT2D eigenvalue weighted by molar-refractivity contribution is 0.449. The Hall–Kier alpha value is -2.33. The average molecular weight is 318 g/mol. The number of benzene rings is 1. The monoisotopic (exact) mass is 318 g/mol. The number of sulfonamides is 1. The highest BCUT2D eigenvalue weighted by Crippen LogP contribution is 2.24. The molecule has 10 heteroatoms. The minimum Gasteiger partial charge on any atom is -0.307 e. The van der Waals surface area contributed by atoms with Crippen molar-refractivity contribution in [1.82, 2.24) is 4.98 Å². The SMILES string of the molecule is NNc1ncccc1S(=O)(=O)Nc1ccc(F)c(F)c1F. The highest BCUT2D eigenvalue weighted by atomic mass is 32.2. The summed E-state index contributed by atoms with van der Waals surface area (Å²) in [5.41, 5.74) is 1.33. The van der Waals surface area contributed by atoms with Crippen molar-refractivity contribution in [2.75, 3.05) is 10.1 Å². The Labute approximate surface area is 117 Å². The number of anilines is 2. The first-order valence-corrected chi connectivity index (χ1v) is 6.93. The van der Waals surface area contributed by atoms with Crippen LogP contribution < -0.4 is 16.0 Å². The number of hydrazine groups is 1.